The minimum Gasteiger partial charge on any atom is -0.458 e. The van der Waals surface area contributed by atoms with Gasteiger partial charge in [0.1, 0.15) is 36.2 Å². The number of likely N-dealkylation sites (tertiary alicyclic amines) is 1. The fraction of sp³-hybridized carbons (Fsp3) is 0.493. The highest BCUT2D eigenvalue weighted by atomic mass is 19.1. The van der Waals surface area contributed by atoms with Crippen LogP contribution in [-0.4, -0.2) is 146 Å². The van der Waals surface area contributed by atoms with Crippen LogP contribution in [0.3, 0.4) is 0 Å². The van der Waals surface area contributed by atoms with Gasteiger partial charge in [0.15, 0.2) is 5.60 Å². The van der Waals surface area contributed by atoms with Gasteiger partial charge in [-0.3, -0.25) is 38.4 Å². The van der Waals surface area contributed by atoms with Gasteiger partial charge in [0.2, 0.25) is 41.4 Å². The fourth-order valence-electron chi connectivity index (χ4n) is 14.9. The van der Waals surface area contributed by atoms with Crippen LogP contribution in [-0.2, 0) is 91.3 Å². The smallest absolute Gasteiger partial charge is 0.343 e. The van der Waals surface area contributed by atoms with E-state index >= 15 is 4.39 Å². The number of halogens is 1. The van der Waals surface area contributed by atoms with E-state index in [0.717, 1.165) is 77.9 Å². The van der Waals surface area contributed by atoms with Gasteiger partial charge in [0.25, 0.3) is 5.56 Å². The molecule has 2 aliphatic carbocycles. The Kier molecular flexibility index (Phi) is 19.6. The highest BCUT2D eigenvalue weighted by molar-refractivity contribution is 6.01. The summed E-state index contributed by atoms with van der Waals surface area (Å²) in [6, 6.07) is 14.7. The summed E-state index contributed by atoms with van der Waals surface area (Å²) in [6.45, 7) is 9.93. The molecule has 5 atom stereocenters. The molecule has 3 aromatic carbocycles. The van der Waals surface area contributed by atoms with E-state index in [2.05, 4.69) is 36.9 Å². The van der Waals surface area contributed by atoms with E-state index < -0.39 is 70.7 Å². The maximum absolute atomic E-state index is 15.5. The second-order valence-electron chi connectivity index (χ2n) is 26.6. The van der Waals surface area contributed by atoms with Gasteiger partial charge < -0.3 is 60.3 Å². The van der Waals surface area contributed by atoms with Crippen LogP contribution in [0.5, 0.6) is 0 Å². The van der Waals surface area contributed by atoms with Crippen LogP contribution in [0.15, 0.2) is 65.5 Å². The molecular weight excluding hydrogens is 1250 g/mol. The van der Waals surface area contributed by atoms with Gasteiger partial charge in [-0.1, -0.05) is 54.6 Å². The molecule has 1 saturated heterocycles. The summed E-state index contributed by atoms with van der Waals surface area (Å²) in [4.78, 5) is 129. The first-order valence-corrected chi connectivity index (χ1v) is 33.7. The van der Waals surface area contributed by atoms with Crippen molar-refractivity contribution in [1.29, 1.82) is 0 Å². The number of anilines is 1. The van der Waals surface area contributed by atoms with E-state index in [-0.39, 0.29) is 112 Å². The van der Waals surface area contributed by atoms with E-state index in [1.165, 1.54) is 31.4 Å². The molecule has 97 heavy (non-hydrogen) atoms. The Morgan fingerprint density at radius 2 is 1.43 bits per heavy atom. The third kappa shape index (κ3) is 13.4. The molecule has 0 radical (unpaired) electrons. The van der Waals surface area contributed by atoms with Crippen molar-refractivity contribution in [2.45, 2.75) is 161 Å². The second kappa shape index (κ2) is 28.1. The van der Waals surface area contributed by atoms with Crippen molar-refractivity contribution in [2.75, 3.05) is 51.0 Å². The van der Waals surface area contributed by atoms with Crippen LogP contribution in [0.4, 0.5) is 10.1 Å². The third-order valence-corrected chi connectivity index (χ3v) is 20.7. The number of carbonyl (C=O) groups is 8. The van der Waals surface area contributed by atoms with Crippen molar-refractivity contribution in [1.82, 2.24) is 56.0 Å². The number of carbonyl (C=O) groups excluding carboxylic acids is 8. The average molecular weight is 1330 g/mol. The topological polar surface area (TPSA) is 317 Å². The van der Waals surface area contributed by atoms with Crippen molar-refractivity contribution in [3.05, 3.63) is 116 Å². The van der Waals surface area contributed by atoms with Crippen molar-refractivity contribution in [2.24, 2.45) is 18.4 Å². The van der Waals surface area contributed by atoms with E-state index in [4.69, 9.17) is 19.2 Å². The maximum Gasteiger partial charge on any atom is 0.343 e. The van der Waals surface area contributed by atoms with Crippen molar-refractivity contribution >= 4 is 63.9 Å². The number of ether oxygens (including phenoxy) is 3. The van der Waals surface area contributed by atoms with Gasteiger partial charge in [0, 0.05) is 79.1 Å². The molecule has 12 rings (SSSR count). The molecule has 0 bridgehead atoms. The quantitative estimate of drug-likeness (QED) is 0.0394. The molecule has 3 aromatic heterocycles. The standard InChI is InChI=1S/C71H83FN12O13/c1-7-71(94)50-34-55-61-48(37-84(55)68(92)49(50)38-97-69(71)93)60-52(17-16-45-39(2)51(72)35-53(77-61)59(45)60)78-66(90)42(5)76-65(89)41(4)75-64(88)40(3)74-56(85)21-30-95-32-33-96-31-22-57(86)82-28-25-70(26-29-82)23-18-43(19-24-70)67(91)73-27-20-58(87)83-36-44-12-8-9-13-46(44)62-63(81(6)80-79-62)47-14-10-11-15-54(47)83/h8-15,34-35,40-43,52,94H,7,16-33,36-38H2,1-6H3,(H,73,91)(H,74,85)(H,75,88)(H,76,89)(H,78,90)/t40-,41-,42-,52-,71-/m0/s1. The number of amides is 7. The molecule has 512 valence electrons. The molecule has 1 spiro atoms. The zero-order valence-electron chi connectivity index (χ0n) is 55.6. The van der Waals surface area contributed by atoms with Gasteiger partial charge in [-0.25, -0.2) is 18.9 Å². The summed E-state index contributed by atoms with van der Waals surface area (Å²) in [5.74, 6) is -3.88. The number of para-hydroxylation sites is 1. The number of nitrogens with one attached hydrogen (secondary N) is 5. The molecule has 0 unspecified atom stereocenters. The number of nitrogens with zero attached hydrogens (tertiary/aromatic N) is 7. The number of piperidine rings is 1. The summed E-state index contributed by atoms with van der Waals surface area (Å²) in [7, 11) is 1.85. The zero-order chi connectivity index (χ0) is 68.6. The first kappa shape index (κ1) is 67.7. The first-order chi connectivity index (χ1) is 46.6. The summed E-state index contributed by atoms with van der Waals surface area (Å²) in [6.07, 6.45) is 6.07. The number of cyclic esters (lactones) is 1. The lowest BCUT2D eigenvalue weighted by Gasteiger charge is -2.45. The lowest BCUT2D eigenvalue weighted by Crippen LogP contribution is -2.54. The van der Waals surface area contributed by atoms with Crippen LogP contribution in [0.1, 0.15) is 143 Å². The summed E-state index contributed by atoms with van der Waals surface area (Å²) >= 11 is 0. The van der Waals surface area contributed by atoms with Gasteiger partial charge in [0.05, 0.1) is 85.8 Å². The molecule has 7 amide bonds. The number of hydrogen-bond acceptors (Lipinski definition) is 16. The average Bonchev–Trinajstić information content (AvgIpc) is 1.61. The Labute approximate surface area is 559 Å². The zero-order valence-corrected chi connectivity index (χ0v) is 55.6. The number of aliphatic hydroxyl groups is 1. The molecule has 6 N–H and O–H groups in total. The summed E-state index contributed by atoms with van der Waals surface area (Å²) < 4.78 is 35.2. The van der Waals surface area contributed by atoms with Crippen LogP contribution in [0, 0.1) is 24.1 Å². The maximum atomic E-state index is 15.5. The van der Waals surface area contributed by atoms with E-state index in [1.54, 1.807) is 29.5 Å². The highest BCUT2D eigenvalue weighted by Crippen LogP contribution is 2.49. The van der Waals surface area contributed by atoms with Crippen LogP contribution >= 0.6 is 0 Å². The van der Waals surface area contributed by atoms with Crippen LogP contribution in [0.2, 0.25) is 0 Å². The number of rotatable bonds is 21. The predicted molar refractivity (Wildman–Crippen MR) is 353 cm³/mol. The largest absolute Gasteiger partial charge is 0.458 e. The van der Waals surface area contributed by atoms with Gasteiger partial charge in [-0.2, -0.15) is 0 Å². The van der Waals surface area contributed by atoms with E-state index in [9.17, 15) is 48.3 Å². The van der Waals surface area contributed by atoms with Gasteiger partial charge in [-0.05, 0) is 125 Å². The number of hydrogen-bond donors (Lipinski definition) is 6. The Balaban J connectivity index is 0.520. The Morgan fingerprint density at radius 1 is 0.763 bits per heavy atom. The van der Waals surface area contributed by atoms with Crippen molar-refractivity contribution in [3.8, 4) is 33.9 Å². The van der Waals surface area contributed by atoms with Crippen LogP contribution < -0.4 is 37.0 Å². The van der Waals surface area contributed by atoms with Crippen molar-refractivity contribution in [3.63, 3.8) is 0 Å². The number of fused-ring (bicyclic) bond motifs is 10. The molecule has 7 heterocycles. The summed E-state index contributed by atoms with van der Waals surface area (Å²) in [5, 5.41) is 34.8. The number of aryl methyl sites for hydroxylation is 2. The molecule has 6 aromatic rings. The Hall–Kier alpha value is -9.27. The molecular formula is C71H83FN12O13. The predicted octanol–water partition coefficient (Wildman–Crippen LogP) is 5.27. The lowest BCUT2D eigenvalue weighted by atomic mass is 9.65. The highest BCUT2D eigenvalue weighted by Gasteiger charge is 2.47. The molecule has 6 aliphatic rings. The fourth-order valence-corrected chi connectivity index (χ4v) is 14.9. The number of benzene rings is 3. The van der Waals surface area contributed by atoms with E-state index in [1.807, 2.05) is 60.5 Å². The molecule has 26 heteroatoms. The molecule has 4 aliphatic heterocycles. The number of esters is 1. The van der Waals surface area contributed by atoms with Gasteiger partial charge >= 0.3 is 5.97 Å². The van der Waals surface area contributed by atoms with Gasteiger partial charge in [-0.15, -0.1) is 5.10 Å². The Bertz CT molecular complexity index is 4210. The second-order valence-corrected chi connectivity index (χ2v) is 26.6. The summed E-state index contributed by atoms with van der Waals surface area (Å²) in [5.41, 5.74) is 6.36. The molecule has 25 nitrogen and oxygen atoms in total. The first-order valence-electron chi connectivity index (χ1n) is 33.7. The number of pyridine rings is 2. The lowest BCUT2D eigenvalue weighted by molar-refractivity contribution is -0.172. The SMILES string of the molecule is CC[C@@]1(O)C(=O)OCc2c1cc1n(c2=O)Cc2c-1nc1cc(F)c(C)c3c1c2[C@@H](NC(=O)[C@H](C)NC(=O)[C@H](C)NC(=O)[C@H](C)NC(=O)CCOCCOCCC(=O)N1CCC2(CCC(C(=O)NCCC(=O)N4Cc5ccccc5-c5nnn(C)c5-c5ccccc54)CC2)CC1)CC3. The minimum atomic E-state index is -2.06. The van der Waals surface area contributed by atoms with E-state index in [0.29, 0.717) is 71.5 Å². The molecule has 1 saturated carbocycles. The monoisotopic (exact) mass is 1330 g/mol. The van der Waals surface area contributed by atoms with Crippen molar-refractivity contribution < 1.29 is 62.1 Å². The normalized spacial score (nSPS) is 19.1. The number of aromatic nitrogens is 5. The minimum absolute atomic E-state index is 0.0148. The van der Waals surface area contributed by atoms with Crippen LogP contribution in [0.25, 0.3) is 44.8 Å². The third-order valence-electron chi connectivity index (χ3n) is 20.7. The molecule has 2 fully saturated rings. The Morgan fingerprint density at radius 3 is 2.15 bits per heavy atom.